The Hall–Kier alpha value is -1.79. The monoisotopic (exact) mass is 325 g/mol. The highest BCUT2D eigenvalue weighted by Crippen LogP contribution is 2.20. The van der Waals surface area contributed by atoms with Crippen molar-refractivity contribution < 1.29 is 14.3 Å². The molecule has 22 heavy (non-hydrogen) atoms. The van der Waals surface area contributed by atoms with Gasteiger partial charge in [0.2, 0.25) is 5.91 Å². The number of hydrogen-bond donors (Lipinski definition) is 2. The van der Waals surface area contributed by atoms with Gasteiger partial charge >= 0.3 is 0 Å². The van der Waals surface area contributed by atoms with E-state index in [-0.39, 0.29) is 18.4 Å². The summed E-state index contributed by atoms with van der Waals surface area (Å²) >= 11 is 5.95. The van der Waals surface area contributed by atoms with Gasteiger partial charge in [0.1, 0.15) is 0 Å². The van der Waals surface area contributed by atoms with Gasteiger partial charge < -0.3 is 20.3 Å². The lowest BCUT2D eigenvalue weighted by Gasteiger charge is -2.27. The molecule has 0 unspecified atom stereocenters. The highest BCUT2D eigenvalue weighted by molar-refractivity contribution is 6.31. The van der Waals surface area contributed by atoms with E-state index in [1.165, 1.54) is 0 Å². The molecule has 1 aliphatic heterocycles. The molecular weight excluding hydrogens is 306 g/mol. The Bertz CT molecular complexity index is 545. The van der Waals surface area contributed by atoms with Gasteiger partial charge in [-0.1, -0.05) is 11.6 Å². The van der Waals surface area contributed by atoms with E-state index in [9.17, 15) is 9.59 Å². The van der Waals surface area contributed by atoms with Crippen molar-refractivity contribution in [1.29, 1.82) is 0 Å². The maximum Gasteiger partial charge on any atom is 0.253 e. The second kappa shape index (κ2) is 8.00. The minimum Gasteiger partial charge on any atom is -0.378 e. The van der Waals surface area contributed by atoms with Crippen LogP contribution in [0.2, 0.25) is 5.02 Å². The van der Waals surface area contributed by atoms with E-state index in [1.54, 1.807) is 23.1 Å². The first-order valence-electron chi connectivity index (χ1n) is 7.29. The number of nitrogens with zero attached hydrogens (tertiary/aromatic N) is 1. The quantitative estimate of drug-likeness (QED) is 0.857. The van der Waals surface area contributed by atoms with Crippen molar-refractivity contribution in [2.75, 3.05) is 44.7 Å². The fraction of sp³-hybridized carbons (Fsp3) is 0.467. The maximum absolute atomic E-state index is 12.1. The molecule has 1 aliphatic rings. The Balaban J connectivity index is 2.02. The average Bonchev–Trinajstić information content (AvgIpc) is 2.54. The molecule has 1 fully saturated rings. The second-order valence-corrected chi connectivity index (χ2v) is 5.33. The summed E-state index contributed by atoms with van der Waals surface area (Å²) in [6.45, 7) is 4.84. The topological polar surface area (TPSA) is 70.7 Å². The van der Waals surface area contributed by atoms with Crippen LogP contribution in [0.5, 0.6) is 0 Å². The van der Waals surface area contributed by atoms with Crippen LogP contribution in [0.15, 0.2) is 18.2 Å². The van der Waals surface area contributed by atoms with Crippen LogP contribution in [0.25, 0.3) is 0 Å². The first-order valence-corrected chi connectivity index (χ1v) is 7.66. The minimum atomic E-state index is -0.216. The summed E-state index contributed by atoms with van der Waals surface area (Å²) in [5, 5.41) is 6.23. The molecule has 0 radical (unpaired) electrons. The molecule has 0 spiro atoms. The molecule has 2 N–H and O–H groups in total. The third-order valence-corrected chi connectivity index (χ3v) is 3.59. The molecule has 1 heterocycles. The number of ether oxygens (including phenoxy) is 1. The van der Waals surface area contributed by atoms with Gasteiger partial charge in [-0.05, 0) is 25.1 Å². The zero-order valence-corrected chi connectivity index (χ0v) is 13.3. The number of carbonyl (C=O) groups is 2. The summed E-state index contributed by atoms with van der Waals surface area (Å²) in [4.78, 5) is 25.9. The fourth-order valence-electron chi connectivity index (χ4n) is 2.21. The third-order valence-electron chi connectivity index (χ3n) is 3.36. The van der Waals surface area contributed by atoms with Crippen molar-refractivity contribution in [3.63, 3.8) is 0 Å². The van der Waals surface area contributed by atoms with Crippen LogP contribution in [0, 0.1) is 0 Å². The van der Waals surface area contributed by atoms with Crippen molar-refractivity contribution >= 4 is 29.1 Å². The lowest BCUT2D eigenvalue weighted by molar-refractivity contribution is -0.133. The standard InChI is InChI=1S/C15H20ClN3O3/c1-2-17-15(21)12-9-11(16)3-4-13(12)18-10-14(20)19-5-7-22-8-6-19/h3-4,9,18H,2,5-8,10H2,1H3,(H,17,21). The van der Waals surface area contributed by atoms with Crippen LogP contribution in [0.3, 0.4) is 0 Å². The molecule has 0 atom stereocenters. The van der Waals surface area contributed by atoms with Crippen molar-refractivity contribution in [1.82, 2.24) is 10.2 Å². The summed E-state index contributed by atoms with van der Waals surface area (Å²) < 4.78 is 5.22. The van der Waals surface area contributed by atoms with Crippen LogP contribution in [-0.2, 0) is 9.53 Å². The number of amides is 2. The van der Waals surface area contributed by atoms with E-state index in [4.69, 9.17) is 16.3 Å². The van der Waals surface area contributed by atoms with E-state index < -0.39 is 0 Å². The Morgan fingerprint density at radius 3 is 2.73 bits per heavy atom. The fourth-order valence-corrected chi connectivity index (χ4v) is 2.38. The van der Waals surface area contributed by atoms with Crippen LogP contribution in [0.4, 0.5) is 5.69 Å². The molecule has 0 aromatic heterocycles. The van der Waals surface area contributed by atoms with Gasteiger partial charge in [0.15, 0.2) is 0 Å². The predicted molar refractivity (Wildman–Crippen MR) is 85.3 cm³/mol. The maximum atomic E-state index is 12.1. The lowest BCUT2D eigenvalue weighted by Crippen LogP contribution is -2.43. The van der Waals surface area contributed by atoms with Gasteiger partial charge in [0.25, 0.3) is 5.91 Å². The molecule has 0 saturated carbocycles. The van der Waals surface area contributed by atoms with Crippen molar-refractivity contribution in [3.8, 4) is 0 Å². The predicted octanol–water partition coefficient (Wildman–Crippen LogP) is 1.36. The molecule has 1 saturated heterocycles. The van der Waals surface area contributed by atoms with Gasteiger partial charge in [0, 0.05) is 30.3 Å². The van der Waals surface area contributed by atoms with Crippen molar-refractivity contribution in [2.45, 2.75) is 6.92 Å². The molecule has 2 amide bonds. The van der Waals surface area contributed by atoms with Crippen molar-refractivity contribution in [2.24, 2.45) is 0 Å². The molecule has 1 aromatic carbocycles. The second-order valence-electron chi connectivity index (χ2n) is 4.90. The van der Waals surface area contributed by atoms with Gasteiger partial charge in [-0.3, -0.25) is 9.59 Å². The number of benzene rings is 1. The normalized spacial score (nSPS) is 14.5. The molecular formula is C15H20ClN3O3. The van der Waals surface area contributed by atoms with Crippen LogP contribution < -0.4 is 10.6 Å². The number of morpholine rings is 1. The highest BCUT2D eigenvalue weighted by Gasteiger charge is 2.17. The number of halogens is 1. The first kappa shape index (κ1) is 16.6. The summed E-state index contributed by atoms with van der Waals surface area (Å²) in [6.07, 6.45) is 0. The van der Waals surface area contributed by atoms with E-state index in [1.807, 2.05) is 6.92 Å². The largest absolute Gasteiger partial charge is 0.378 e. The van der Waals surface area contributed by atoms with Crippen LogP contribution >= 0.6 is 11.6 Å². The molecule has 7 heteroatoms. The molecule has 0 bridgehead atoms. The number of anilines is 1. The van der Waals surface area contributed by atoms with E-state index in [0.717, 1.165) is 0 Å². The van der Waals surface area contributed by atoms with Crippen molar-refractivity contribution in [3.05, 3.63) is 28.8 Å². The molecule has 2 rings (SSSR count). The summed E-state index contributed by atoms with van der Waals surface area (Å²) in [7, 11) is 0. The Morgan fingerprint density at radius 2 is 2.05 bits per heavy atom. The number of hydrogen-bond acceptors (Lipinski definition) is 4. The summed E-state index contributed by atoms with van der Waals surface area (Å²) in [5.41, 5.74) is 1.03. The van der Waals surface area contributed by atoms with E-state index in [0.29, 0.717) is 49.1 Å². The lowest BCUT2D eigenvalue weighted by atomic mass is 10.1. The SMILES string of the molecule is CCNC(=O)c1cc(Cl)ccc1NCC(=O)N1CCOCC1. The van der Waals surface area contributed by atoms with Crippen LogP contribution in [0.1, 0.15) is 17.3 Å². The van der Waals surface area contributed by atoms with Gasteiger partial charge in [0.05, 0.1) is 25.3 Å². The average molecular weight is 326 g/mol. The highest BCUT2D eigenvalue weighted by atomic mass is 35.5. The zero-order valence-electron chi connectivity index (χ0n) is 12.5. The molecule has 6 nitrogen and oxygen atoms in total. The Morgan fingerprint density at radius 1 is 1.32 bits per heavy atom. The van der Waals surface area contributed by atoms with Gasteiger partial charge in [-0.15, -0.1) is 0 Å². The minimum absolute atomic E-state index is 0.0138. The zero-order chi connectivity index (χ0) is 15.9. The number of carbonyl (C=O) groups excluding carboxylic acids is 2. The van der Waals surface area contributed by atoms with Crippen LogP contribution in [-0.4, -0.2) is 56.1 Å². The van der Waals surface area contributed by atoms with Gasteiger partial charge in [-0.2, -0.15) is 0 Å². The first-order chi connectivity index (χ1) is 10.6. The summed E-state index contributed by atoms with van der Waals surface area (Å²) in [6, 6.07) is 4.99. The Labute approximate surface area is 134 Å². The molecule has 120 valence electrons. The summed E-state index contributed by atoms with van der Waals surface area (Å²) in [5.74, 6) is -0.230. The van der Waals surface area contributed by atoms with Gasteiger partial charge in [-0.25, -0.2) is 0 Å². The molecule has 1 aromatic rings. The molecule has 0 aliphatic carbocycles. The third kappa shape index (κ3) is 4.35. The Kier molecular flexibility index (Phi) is 6.03. The van der Waals surface area contributed by atoms with E-state index in [2.05, 4.69) is 10.6 Å². The number of nitrogens with one attached hydrogen (secondary N) is 2. The smallest absolute Gasteiger partial charge is 0.253 e. The number of rotatable bonds is 5. The van der Waals surface area contributed by atoms with E-state index >= 15 is 0 Å².